The summed E-state index contributed by atoms with van der Waals surface area (Å²) in [4.78, 5) is 0. The fourth-order valence-corrected chi connectivity index (χ4v) is 11.6. The van der Waals surface area contributed by atoms with Gasteiger partial charge in [0, 0.05) is 0 Å². The van der Waals surface area contributed by atoms with Crippen LogP contribution in [-0.2, 0) is 0 Å². The molecule has 5 aliphatic carbocycles. The predicted octanol–water partition coefficient (Wildman–Crippen LogP) is 7.22. The van der Waals surface area contributed by atoms with Gasteiger partial charge in [0.2, 0.25) is 0 Å². The van der Waals surface area contributed by atoms with Crippen LogP contribution in [0.15, 0.2) is 0 Å². The summed E-state index contributed by atoms with van der Waals surface area (Å²) >= 11 is 0. The SMILES string of the molecule is C[C@H]1[C@@H]2[C@H]3CC[C@@H]4[C@@]5(C)CC[C@H](O)C(C)(C)[C@@H]5CC[C@@]4(C)[C@]3(C)CC[C@@]2(C)CCC1(C)O. The number of aliphatic hydroxyl groups excluding tert-OH is 1. The second kappa shape index (κ2) is 6.77. The summed E-state index contributed by atoms with van der Waals surface area (Å²) in [6.45, 7) is 19.8. The van der Waals surface area contributed by atoms with Gasteiger partial charge in [0.05, 0.1) is 11.7 Å². The monoisotopic (exact) mass is 444 g/mol. The Balaban J connectivity index is 1.54. The van der Waals surface area contributed by atoms with Crippen LogP contribution in [0.5, 0.6) is 0 Å². The van der Waals surface area contributed by atoms with E-state index in [0.717, 1.165) is 24.7 Å². The molecule has 5 aliphatic rings. The number of hydrogen-bond acceptors (Lipinski definition) is 2. The van der Waals surface area contributed by atoms with Gasteiger partial charge in [-0.2, -0.15) is 0 Å². The van der Waals surface area contributed by atoms with Gasteiger partial charge < -0.3 is 10.2 Å². The molecule has 0 saturated heterocycles. The highest BCUT2D eigenvalue weighted by molar-refractivity contribution is 5.19. The highest BCUT2D eigenvalue weighted by Gasteiger charge is 2.70. The van der Waals surface area contributed by atoms with Crippen LogP contribution in [0.4, 0.5) is 0 Å². The molecule has 0 radical (unpaired) electrons. The third-order valence-electron chi connectivity index (χ3n) is 14.1. The predicted molar refractivity (Wildman–Crippen MR) is 132 cm³/mol. The zero-order valence-electron chi connectivity index (χ0n) is 22.4. The van der Waals surface area contributed by atoms with Crippen LogP contribution in [0.25, 0.3) is 0 Å². The Morgan fingerprint density at radius 1 is 0.656 bits per heavy atom. The van der Waals surface area contributed by atoms with Crippen molar-refractivity contribution in [2.24, 2.45) is 56.7 Å². The molecule has 184 valence electrons. The van der Waals surface area contributed by atoms with Gasteiger partial charge in [-0.3, -0.25) is 0 Å². The molecule has 0 aromatic carbocycles. The molecule has 0 amide bonds. The smallest absolute Gasteiger partial charge is 0.0648 e. The Bertz CT molecular complexity index is 771. The molecule has 2 N–H and O–H groups in total. The zero-order chi connectivity index (χ0) is 23.5. The molecular weight excluding hydrogens is 392 g/mol. The summed E-state index contributed by atoms with van der Waals surface area (Å²) in [6.07, 6.45) is 12.3. The summed E-state index contributed by atoms with van der Waals surface area (Å²) in [5, 5.41) is 22.2. The first-order valence-electron chi connectivity index (χ1n) is 14.0. The van der Waals surface area contributed by atoms with Crippen LogP contribution in [-0.4, -0.2) is 21.9 Å². The molecule has 0 heterocycles. The van der Waals surface area contributed by atoms with Crippen LogP contribution in [0.1, 0.15) is 120 Å². The fraction of sp³-hybridized carbons (Fsp3) is 1.00. The van der Waals surface area contributed by atoms with E-state index in [1.54, 1.807) is 0 Å². The van der Waals surface area contributed by atoms with Crippen molar-refractivity contribution in [3.05, 3.63) is 0 Å². The molecule has 11 atom stereocenters. The molecule has 0 aliphatic heterocycles. The van der Waals surface area contributed by atoms with E-state index >= 15 is 0 Å². The van der Waals surface area contributed by atoms with Crippen molar-refractivity contribution in [3.63, 3.8) is 0 Å². The molecular formula is C30H52O2. The topological polar surface area (TPSA) is 40.5 Å². The Morgan fingerprint density at radius 3 is 2.00 bits per heavy atom. The van der Waals surface area contributed by atoms with E-state index in [4.69, 9.17) is 0 Å². The quantitative estimate of drug-likeness (QED) is 0.414. The molecule has 0 aromatic heterocycles. The summed E-state index contributed by atoms with van der Waals surface area (Å²) in [5.74, 6) is 3.19. The Kier molecular flexibility index (Phi) is 5.01. The number of fused-ring (bicyclic) bond motifs is 7. The lowest BCUT2D eigenvalue weighted by Gasteiger charge is -2.74. The molecule has 5 saturated carbocycles. The largest absolute Gasteiger partial charge is 0.393 e. The molecule has 5 fully saturated rings. The third-order valence-corrected chi connectivity index (χ3v) is 14.1. The maximum atomic E-state index is 11.3. The fourth-order valence-electron chi connectivity index (χ4n) is 11.6. The summed E-state index contributed by atoms with van der Waals surface area (Å²) in [5.41, 5.74) is 1.04. The standard InChI is InChI=1S/C30H52O2/c1-19-24-20-9-10-22-27(5)13-12-23(31)25(2,3)21(27)11-14-29(22,7)28(20,6)17-15-26(24,4)16-18-30(19,8)32/h19-24,31-32H,9-18H2,1-8H3/t19-,20+,21-,22+,23-,24+,26-,27-,28+,29+,30?/m0/s1. The Morgan fingerprint density at radius 2 is 1.31 bits per heavy atom. The normalized spacial score (nSPS) is 61.7. The van der Waals surface area contributed by atoms with Gasteiger partial charge in [-0.15, -0.1) is 0 Å². The van der Waals surface area contributed by atoms with Crippen LogP contribution >= 0.6 is 0 Å². The first-order valence-corrected chi connectivity index (χ1v) is 14.0. The summed E-state index contributed by atoms with van der Waals surface area (Å²) < 4.78 is 0. The minimum absolute atomic E-state index is 0.0355. The van der Waals surface area contributed by atoms with E-state index in [0.29, 0.717) is 39.4 Å². The van der Waals surface area contributed by atoms with E-state index in [1.807, 2.05) is 0 Å². The van der Waals surface area contributed by atoms with Gasteiger partial charge in [-0.05, 0) is 128 Å². The minimum atomic E-state index is -0.507. The van der Waals surface area contributed by atoms with Crippen molar-refractivity contribution >= 4 is 0 Å². The molecule has 0 aromatic rings. The van der Waals surface area contributed by atoms with Crippen molar-refractivity contribution in [2.75, 3.05) is 0 Å². The number of rotatable bonds is 0. The maximum absolute atomic E-state index is 11.3. The van der Waals surface area contributed by atoms with E-state index in [-0.39, 0.29) is 11.5 Å². The second-order valence-electron chi connectivity index (χ2n) is 15.4. The summed E-state index contributed by atoms with van der Waals surface area (Å²) in [7, 11) is 0. The van der Waals surface area contributed by atoms with E-state index in [9.17, 15) is 10.2 Å². The van der Waals surface area contributed by atoms with Crippen LogP contribution in [0, 0.1) is 56.7 Å². The third kappa shape index (κ3) is 2.72. The molecule has 0 bridgehead atoms. The lowest BCUT2D eigenvalue weighted by molar-refractivity contribution is -0.264. The molecule has 2 nitrogen and oxygen atoms in total. The number of aliphatic hydroxyl groups is 2. The average Bonchev–Trinajstić information content (AvgIpc) is 2.70. The Labute approximate surface area is 198 Å². The first kappa shape index (κ1) is 23.7. The van der Waals surface area contributed by atoms with Gasteiger partial charge in [0.15, 0.2) is 0 Å². The van der Waals surface area contributed by atoms with Crippen molar-refractivity contribution < 1.29 is 10.2 Å². The van der Waals surface area contributed by atoms with Gasteiger partial charge in [0.1, 0.15) is 0 Å². The lowest BCUT2D eigenvalue weighted by Crippen LogP contribution is -2.68. The van der Waals surface area contributed by atoms with Crippen molar-refractivity contribution in [1.29, 1.82) is 0 Å². The van der Waals surface area contributed by atoms with Crippen molar-refractivity contribution in [3.8, 4) is 0 Å². The Hall–Kier alpha value is -0.0800. The van der Waals surface area contributed by atoms with Crippen LogP contribution < -0.4 is 0 Å². The highest BCUT2D eigenvalue weighted by atomic mass is 16.3. The number of hydrogen-bond donors (Lipinski definition) is 2. The van der Waals surface area contributed by atoms with E-state index in [2.05, 4.69) is 55.4 Å². The first-order chi connectivity index (χ1) is 14.6. The van der Waals surface area contributed by atoms with Crippen LogP contribution in [0.2, 0.25) is 0 Å². The van der Waals surface area contributed by atoms with E-state index < -0.39 is 5.60 Å². The lowest BCUT2D eigenvalue weighted by atomic mass is 9.31. The van der Waals surface area contributed by atoms with Crippen molar-refractivity contribution in [2.45, 2.75) is 131 Å². The van der Waals surface area contributed by atoms with Gasteiger partial charge in [-0.25, -0.2) is 0 Å². The average molecular weight is 445 g/mol. The van der Waals surface area contributed by atoms with Gasteiger partial charge in [0.25, 0.3) is 0 Å². The molecule has 2 heteroatoms. The van der Waals surface area contributed by atoms with E-state index in [1.165, 1.54) is 51.4 Å². The zero-order valence-corrected chi connectivity index (χ0v) is 22.4. The minimum Gasteiger partial charge on any atom is -0.393 e. The second-order valence-corrected chi connectivity index (χ2v) is 15.4. The van der Waals surface area contributed by atoms with Gasteiger partial charge in [-0.1, -0.05) is 48.5 Å². The molecule has 1 unspecified atom stereocenters. The van der Waals surface area contributed by atoms with Crippen LogP contribution in [0.3, 0.4) is 0 Å². The highest BCUT2D eigenvalue weighted by Crippen LogP contribution is 2.77. The van der Waals surface area contributed by atoms with Gasteiger partial charge >= 0.3 is 0 Å². The molecule has 0 spiro atoms. The van der Waals surface area contributed by atoms with Crippen molar-refractivity contribution in [1.82, 2.24) is 0 Å². The molecule has 5 rings (SSSR count). The maximum Gasteiger partial charge on any atom is 0.0648 e. The summed E-state index contributed by atoms with van der Waals surface area (Å²) in [6, 6.07) is 0. The molecule has 32 heavy (non-hydrogen) atoms.